The fourth-order valence-electron chi connectivity index (χ4n) is 0.648. The highest BCUT2D eigenvalue weighted by atomic mass is 31.2. The van der Waals surface area contributed by atoms with Crippen molar-refractivity contribution < 1.29 is 23.5 Å². The molecular formula is C9H13O5P. The van der Waals surface area contributed by atoms with Crippen LogP contribution in [0.3, 0.4) is 0 Å². The van der Waals surface area contributed by atoms with Crippen molar-refractivity contribution in [2.45, 2.75) is 5.85 Å². The van der Waals surface area contributed by atoms with Gasteiger partial charge in [-0.1, -0.05) is 19.2 Å². The van der Waals surface area contributed by atoms with Gasteiger partial charge in [0, 0.05) is 6.08 Å². The highest BCUT2D eigenvalue weighted by Crippen LogP contribution is 2.48. The summed E-state index contributed by atoms with van der Waals surface area (Å²) in [5.74, 6) is -2.22. The van der Waals surface area contributed by atoms with Gasteiger partial charge in [-0.15, -0.1) is 6.58 Å². The molecule has 0 radical (unpaired) electrons. The molecule has 84 valence electrons. The number of esters is 1. The average Bonchev–Trinajstić information content (AvgIpc) is 2.22. The molecule has 0 aromatic heterocycles. The van der Waals surface area contributed by atoms with Crippen LogP contribution in [0.2, 0.25) is 0 Å². The third-order valence-corrected chi connectivity index (χ3v) is 2.78. The van der Waals surface area contributed by atoms with Crippen molar-refractivity contribution in [3.8, 4) is 0 Å². The molecule has 0 saturated heterocycles. The van der Waals surface area contributed by atoms with Gasteiger partial charge in [0.05, 0.1) is 6.61 Å². The van der Waals surface area contributed by atoms with Crippen molar-refractivity contribution in [1.29, 1.82) is 0 Å². The Morgan fingerprint density at radius 1 is 1.47 bits per heavy atom. The van der Waals surface area contributed by atoms with E-state index >= 15 is 0 Å². The molecule has 0 spiro atoms. The molecule has 2 unspecified atom stereocenters. The van der Waals surface area contributed by atoms with E-state index in [0.717, 1.165) is 12.2 Å². The first kappa shape index (κ1) is 13.8. The van der Waals surface area contributed by atoms with Crippen molar-refractivity contribution in [3.05, 3.63) is 38.0 Å². The molecular weight excluding hydrogens is 219 g/mol. The zero-order valence-corrected chi connectivity index (χ0v) is 9.06. The summed E-state index contributed by atoms with van der Waals surface area (Å²) < 4.78 is 20.6. The van der Waals surface area contributed by atoms with Crippen LogP contribution in [0.5, 0.6) is 0 Å². The Morgan fingerprint density at radius 2 is 2.07 bits per heavy atom. The van der Waals surface area contributed by atoms with Crippen molar-refractivity contribution in [2.24, 2.45) is 0 Å². The van der Waals surface area contributed by atoms with Crippen molar-refractivity contribution in [3.63, 3.8) is 0 Å². The van der Waals surface area contributed by atoms with Gasteiger partial charge in [0.2, 0.25) is 5.85 Å². The predicted molar refractivity (Wildman–Crippen MR) is 56.2 cm³/mol. The lowest BCUT2D eigenvalue weighted by molar-refractivity contribution is -0.138. The Bertz CT molecular complexity index is 310. The monoisotopic (exact) mass is 232 g/mol. The molecule has 0 bridgehead atoms. The van der Waals surface area contributed by atoms with E-state index in [4.69, 9.17) is 0 Å². The maximum atomic E-state index is 11.5. The SMILES string of the molecule is C=CCOP(=O)(O)C(C=C)OC(=O)C=C. The Balaban J connectivity index is 4.56. The lowest BCUT2D eigenvalue weighted by Gasteiger charge is -2.18. The minimum absolute atomic E-state index is 0.121. The smallest absolute Gasteiger partial charge is 0.372 e. The molecule has 0 aromatic carbocycles. The minimum atomic E-state index is -4.07. The molecule has 1 N–H and O–H groups in total. The maximum absolute atomic E-state index is 11.5. The molecule has 0 heterocycles. The van der Waals surface area contributed by atoms with Gasteiger partial charge in [0.15, 0.2) is 0 Å². The van der Waals surface area contributed by atoms with Crippen LogP contribution in [0.25, 0.3) is 0 Å². The fraction of sp³-hybridized carbons (Fsp3) is 0.222. The second-order valence-electron chi connectivity index (χ2n) is 2.42. The summed E-state index contributed by atoms with van der Waals surface area (Å²) in [7, 11) is -4.07. The molecule has 0 aliphatic carbocycles. The molecule has 0 aliphatic rings. The molecule has 0 rings (SSSR count). The lowest BCUT2D eigenvalue weighted by Crippen LogP contribution is -2.16. The van der Waals surface area contributed by atoms with E-state index < -0.39 is 19.4 Å². The van der Waals surface area contributed by atoms with Gasteiger partial charge < -0.3 is 14.2 Å². The molecule has 0 aromatic rings. The van der Waals surface area contributed by atoms with Gasteiger partial charge in [-0.2, -0.15) is 0 Å². The van der Waals surface area contributed by atoms with Crippen LogP contribution in [0, 0.1) is 0 Å². The Morgan fingerprint density at radius 3 is 2.47 bits per heavy atom. The van der Waals surface area contributed by atoms with Crippen molar-refractivity contribution in [1.82, 2.24) is 0 Å². The number of carbonyl (C=O) groups excluding carboxylic acids is 1. The lowest BCUT2D eigenvalue weighted by atomic mass is 10.6. The van der Waals surface area contributed by atoms with Gasteiger partial charge in [0.25, 0.3) is 0 Å². The summed E-state index contributed by atoms with van der Waals surface area (Å²) >= 11 is 0. The summed E-state index contributed by atoms with van der Waals surface area (Å²) in [5.41, 5.74) is 0. The van der Waals surface area contributed by atoms with Crippen molar-refractivity contribution in [2.75, 3.05) is 6.61 Å². The second kappa shape index (κ2) is 6.35. The minimum Gasteiger partial charge on any atom is -0.442 e. The van der Waals surface area contributed by atoms with Gasteiger partial charge in [0.1, 0.15) is 0 Å². The van der Waals surface area contributed by atoms with Crippen LogP contribution < -0.4 is 0 Å². The number of hydrogen-bond donors (Lipinski definition) is 1. The summed E-state index contributed by atoms with van der Waals surface area (Å²) in [4.78, 5) is 20.2. The number of hydrogen-bond acceptors (Lipinski definition) is 4. The summed E-state index contributed by atoms with van der Waals surface area (Å²) in [6, 6.07) is 0. The largest absolute Gasteiger partial charge is 0.442 e. The third kappa shape index (κ3) is 4.74. The van der Waals surface area contributed by atoms with Gasteiger partial charge in [-0.05, 0) is 6.08 Å². The molecule has 5 nitrogen and oxygen atoms in total. The zero-order valence-electron chi connectivity index (χ0n) is 8.17. The van der Waals surface area contributed by atoms with Crippen LogP contribution in [-0.4, -0.2) is 23.3 Å². The molecule has 15 heavy (non-hydrogen) atoms. The van der Waals surface area contributed by atoms with Crippen LogP contribution in [-0.2, 0) is 18.6 Å². The molecule has 0 amide bonds. The standard InChI is InChI=1S/C9H13O5P/c1-4-7-13-15(11,12)9(6-3)14-8(10)5-2/h4-6,9H,1-3,7H2,(H,11,12). The third-order valence-electron chi connectivity index (χ3n) is 1.30. The first-order valence-electron chi connectivity index (χ1n) is 4.01. The van der Waals surface area contributed by atoms with E-state index in [1.54, 1.807) is 0 Å². The highest BCUT2D eigenvalue weighted by Gasteiger charge is 2.32. The van der Waals surface area contributed by atoms with Gasteiger partial charge in [-0.25, -0.2) is 4.79 Å². The molecule has 0 fully saturated rings. The van der Waals surface area contributed by atoms with Gasteiger partial charge in [-0.3, -0.25) is 4.57 Å². The average molecular weight is 232 g/mol. The van der Waals surface area contributed by atoms with E-state index in [9.17, 15) is 14.3 Å². The van der Waals surface area contributed by atoms with E-state index in [0.29, 0.717) is 0 Å². The normalized spacial score (nSPS) is 15.8. The Kier molecular flexibility index (Phi) is 5.86. The van der Waals surface area contributed by atoms with Gasteiger partial charge >= 0.3 is 13.6 Å². The summed E-state index contributed by atoms with van der Waals surface area (Å²) in [6.45, 7) is 9.63. The molecule has 6 heteroatoms. The summed E-state index contributed by atoms with van der Waals surface area (Å²) in [6.07, 6.45) is 3.20. The van der Waals surface area contributed by atoms with Crippen LogP contribution in [0.1, 0.15) is 0 Å². The van der Waals surface area contributed by atoms with E-state index in [1.807, 2.05) is 0 Å². The van der Waals surface area contributed by atoms with E-state index in [-0.39, 0.29) is 6.61 Å². The van der Waals surface area contributed by atoms with E-state index in [2.05, 4.69) is 29.0 Å². The molecule has 2 atom stereocenters. The van der Waals surface area contributed by atoms with Crippen molar-refractivity contribution >= 4 is 13.6 Å². The van der Waals surface area contributed by atoms with Crippen LogP contribution >= 0.6 is 7.60 Å². The first-order chi connectivity index (χ1) is 6.97. The Hall–Kier alpha value is -1.16. The molecule has 0 aliphatic heterocycles. The summed E-state index contributed by atoms with van der Waals surface area (Å²) in [5, 5.41) is 0. The topological polar surface area (TPSA) is 72.8 Å². The fourth-order valence-corrected chi connectivity index (χ4v) is 1.62. The predicted octanol–water partition coefficient (Wildman–Crippen LogP) is 1.62. The number of ether oxygens (including phenoxy) is 1. The number of carbonyl (C=O) groups is 1. The van der Waals surface area contributed by atoms with Crippen LogP contribution in [0.15, 0.2) is 38.0 Å². The quantitative estimate of drug-likeness (QED) is 0.312. The molecule has 0 saturated carbocycles. The Labute approximate surface area is 88.2 Å². The van der Waals surface area contributed by atoms with Crippen LogP contribution in [0.4, 0.5) is 0 Å². The number of rotatable bonds is 7. The second-order valence-corrected chi connectivity index (χ2v) is 4.31. The first-order valence-corrected chi connectivity index (χ1v) is 5.66. The highest BCUT2D eigenvalue weighted by molar-refractivity contribution is 7.53. The van der Waals surface area contributed by atoms with E-state index in [1.165, 1.54) is 6.08 Å². The maximum Gasteiger partial charge on any atom is 0.372 e. The zero-order chi connectivity index (χ0) is 11.9.